The monoisotopic (exact) mass is 297 g/mol. The summed E-state index contributed by atoms with van der Waals surface area (Å²) in [5.41, 5.74) is 0.582. The molecular weight excluding hydrogens is 274 g/mol. The molecule has 0 fully saturated rings. The van der Waals surface area contributed by atoms with Crippen molar-refractivity contribution >= 4 is 17.8 Å². The summed E-state index contributed by atoms with van der Waals surface area (Å²) in [6, 6.07) is 6.19. The summed E-state index contributed by atoms with van der Waals surface area (Å²) in [5, 5.41) is 22.0. The van der Waals surface area contributed by atoms with Gasteiger partial charge in [-0.25, -0.2) is 9.59 Å². The maximum Gasteiger partial charge on any atom is 0.404 e. The minimum absolute atomic E-state index is 0.136. The number of aromatic hydroxyl groups is 1. The second-order valence-electron chi connectivity index (χ2n) is 4.95. The summed E-state index contributed by atoms with van der Waals surface area (Å²) in [6.45, 7) is 4.45. The molecule has 1 rings (SSSR count). The molecule has 0 aromatic heterocycles. The molecule has 0 saturated heterocycles. The molecule has 0 aliphatic rings. The molecule has 0 radical (unpaired) electrons. The van der Waals surface area contributed by atoms with Gasteiger partial charge >= 0.3 is 12.1 Å². The van der Waals surface area contributed by atoms with Gasteiger partial charge in [0.25, 0.3) is 0 Å². The quantitative estimate of drug-likeness (QED) is 0.688. The van der Waals surface area contributed by atoms with Crippen molar-refractivity contribution in [3.8, 4) is 5.75 Å². The largest absolute Gasteiger partial charge is 0.508 e. The van der Waals surface area contributed by atoms with E-state index < -0.39 is 6.09 Å². The number of carboxylic acid groups (broad SMARTS) is 1. The molecule has 4 N–H and O–H groups in total. The molecule has 0 bridgehead atoms. The highest BCUT2D eigenvalue weighted by Crippen LogP contribution is 2.15. The molecule has 118 valence electrons. The van der Waals surface area contributed by atoms with Gasteiger partial charge < -0.3 is 25.7 Å². The number of amides is 3. The van der Waals surface area contributed by atoms with Gasteiger partial charge in [0.1, 0.15) is 5.75 Å². The molecule has 0 spiro atoms. The Kier molecular flexibility index (Phi) is 8.36. The zero-order valence-electron chi connectivity index (χ0n) is 12.8. The van der Waals surface area contributed by atoms with Crippen molar-refractivity contribution in [1.82, 2.24) is 10.2 Å². The van der Waals surface area contributed by atoms with Crippen LogP contribution < -0.4 is 10.6 Å². The fraction of sp³-hybridized carbons (Fsp3) is 0.429. The van der Waals surface area contributed by atoms with E-state index in [1.807, 2.05) is 13.8 Å². The van der Waals surface area contributed by atoms with Gasteiger partial charge in [-0.15, -0.1) is 0 Å². The van der Waals surface area contributed by atoms with E-state index in [9.17, 15) is 9.59 Å². The summed E-state index contributed by atoms with van der Waals surface area (Å²) in [6.07, 6.45) is -0.946. The van der Waals surface area contributed by atoms with E-state index in [0.717, 1.165) is 0 Å². The van der Waals surface area contributed by atoms with Crippen LogP contribution in [-0.2, 0) is 0 Å². The standard InChI is InChI=1S/C9H12N2O2.C5H11NO2/c1-11(2)9(13)10-7-4-3-5-8(12)6-7;1-4(2)3-6-5(7)8/h3-6,12H,1-2H3,(H,10,13);4,6H,3H2,1-2H3,(H,7,8). The van der Waals surface area contributed by atoms with Crippen molar-refractivity contribution < 1.29 is 19.8 Å². The van der Waals surface area contributed by atoms with Gasteiger partial charge in [-0.2, -0.15) is 0 Å². The minimum Gasteiger partial charge on any atom is -0.508 e. The van der Waals surface area contributed by atoms with Crippen LogP contribution in [0.5, 0.6) is 5.75 Å². The van der Waals surface area contributed by atoms with Gasteiger partial charge in [0.05, 0.1) is 0 Å². The highest BCUT2D eigenvalue weighted by atomic mass is 16.4. The maximum absolute atomic E-state index is 11.2. The fourth-order valence-corrected chi connectivity index (χ4v) is 1.11. The van der Waals surface area contributed by atoms with Crippen LogP contribution in [0.2, 0.25) is 0 Å². The van der Waals surface area contributed by atoms with Gasteiger partial charge in [-0.05, 0) is 18.1 Å². The summed E-state index contributed by atoms with van der Waals surface area (Å²) < 4.78 is 0. The van der Waals surface area contributed by atoms with E-state index in [4.69, 9.17) is 10.2 Å². The van der Waals surface area contributed by atoms with Crippen molar-refractivity contribution in [2.45, 2.75) is 13.8 Å². The van der Waals surface area contributed by atoms with E-state index in [1.54, 1.807) is 32.3 Å². The number of benzene rings is 1. The SMILES string of the molecule is CC(C)CNC(=O)O.CN(C)C(=O)Nc1cccc(O)c1. The van der Waals surface area contributed by atoms with Crippen molar-refractivity contribution in [1.29, 1.82) is 0 Å². The first kappa shape index (κ1) is 18.6. The van der Waals surface area contributed by atoms with Crippen molar-refractivity contribution in [2.75, 3.05) is 26.0 Å². The Morgan fingerprint density at radius 3 is 2.29 bits per heavy atom. The number of nitrogens with one attached hydrogen (secondary N) is 2. The van der Waals surface area contributed by atoms with Gasteiger partial charge in [0, 0.05) is 32.4 Å². The van der Waals surface area contributed by atoms with Crippen LogP contribution in [0.3, 0.4) is 0 Å². The Labute approximate surface area is 124 Å². The summed E-state index contributed by atoms with van der Waals surface area (Å²) >= 11 is 0. The first-order valence-corrected chi connectivity index (χ1v) is 6.46. The number of hydrogen-bond donors (Lipinski definition) is 4. The number of anilines is 1. The average molecular weight is 297 g/mol. The second-order valence-corrected chi connectivity index (χ2v) is 4.95. The molecule has 7 nitrogen and oxygen atoms in total. The van der Waals surface area contributed by atoms with Gasteiger partial charge in [0.15, 0.2) is 0 Å². The highest BCUT2D eigenvalue weighted by Gasteiger charge is 2.03. The lowest BCUT2D eigenvalue weighted by Crippen LogP contribution is -2.27. The predicted octanol–water partition coefficient (Wildman–Crippen LogP) is 2.40. The molecule has 3 amide bonds. The Morgan fingerprint density at radius 2 is 1.90 bits per heavy atom. The molecule has 0 heterocycles. The van der Waals surface area contributed by atoms with Crippen LogP contribution in [0, 0.1) is 5.92 Å². The van der Waals surface area contributed by atoms with E-state index >= 15 is 0 Å². The number of hydrogen-bond acceptors (Lipinski definition) is 3. The molecule has 0 aliphatic heterocycles. The number of carbonyl (C=O) groups excluding carboxylic acids is 1. The Balaban J connectivity index is 0.000000433. The molecule has 21 heavy (non-hydrogen) atoms. The normalized spacial score (nSPS) is 9.38. The third-order valence-electron chi connectivity index (χ3n) is 2.17. The van der Waals surface area contributed by atoms with Crippen LogP contribution >= 0.6 is 0 Å². The summed E-state index contributed by atoms with van der Waals surface area (Å²) in [5.74, 6) is 0.530. The van der Waals surface area contributed by atoms with E-state index in [-0.39, 0.29) is 11.8 Å². The molecule has 1 aromatic carbocycles. The zero-order chi connectivity index (χ0) is 16.4. The smallest absolute Gasteiger partial charge is 0.404 e. The number of rotatable bonds is 3. The molecule has 0 saturated carbocycles. The second kappa shape index (κ2) is 9.46. The lowest BCUT2D eigenvalue weighted by molar-refractivity contribution is 0.193. The molecule has 7 heteroatoms. The van der Waals surface area contributed by atoms with Crippen molar-refractivity contribution in [3.63, 3.8) is 0 Å². The Morgan fingerprint density at radius 1 is 1.29 bits per heavy atom. The van der Waals surface area contributed by atoms with E-state index in [2.05, 4.69) is 10.6 Å². The molecule has 0 aliphatic carbocycles. The first-order valence-electron chi connectivity index (χ1n) is 6.46. The van der Waals surface area contributed by atoms with Gasteiger partial charge in [-0.1, -0.05) is 19.9 Å². The van der Waals surface area contributed by atoms with E-state index in [0.29, 0.717) is 18.2 Å². The fourth-order valence-electron chi connectivity index (χ4n) is 1.11. The third-order valence-corrected chi connectivity index (χ3v) is 2.17. The molecular formula is C14H23N3O4. The van der Waals surface area contributed by atoms with Crippen molar-refractivity contribution in [2.24, 2.45) is 5.92 Å². The maximum atomic E-state index is 11.2. The lowest BCUT2D eigenvalue weighted by atomic mass is 10.2. The third kappa shape index (κ3) is 10.1. The lowest BCUT2D eigenvalue weighted by Gasteiger charge is -2.11. The van der Waals surface area contributed by atoms with Crippen LogP contribution in [-0.4, -0.2) is 47.9 Å². The van der Waals surface area contributed by atoms with Crippen LogP contribution in [0.1, 0.15) is 13.8 Å². The number of phenols is 1. The molecule has 1 aromatic rings. The first-order chi connectivity index (χ1) is 9.72. The summed E-state index contributed by atoms with van der Waals surface area (Å²) in [4.78, 5) is 22.4. The molecule has 0 atom stereocenters. The molecule has 0 unspecified atom stereocenters. The topological polar surface area (TPSA) is 102 Å². The van der Waals surface area contributed by atoms with Gasteiger partial charge in [-0.3, -0.25) is 0 Å². The zero-order valence-corrected chi connectivity index (χ0v) is 12.8. The Bertz CT molecular complexity index is 461. The highest BCUT2D eigenvalue weighted by molar-refractivity contribution is 5.89. The average Bonchev–Trinajstić information content (AvgIpc) is 2.37. The number of phenolic OH excluding ortho intramolecular Hbond substituents is 1. The number of carbonyl (C=O) groups is 2. The Hall–Kier alpha value is -2.44. The predicted molar refractivity (Wildman–Crippen MR) is 81.7 cm³/mol. The van der Waals surface area contributed by atoms with Gasteiger partial charge in [0.2, 0.25) is 0 Å². The number of nitrogens with zero attached hydrogens (tertiary/aromatic N) is 1. The van der Waals surface area contributed by atoms with E-state index in [1.165, 1.54) is 11.0 Å². The minimum atomic E-state index is -0.946. The van der Waals surface area contributed by atoms with Crippen LogP contribution in [0.15, 0.2) is 24.3 Å². The van der Waals surface area contributed by atoms with Crippen LogP contribution in [0.25, 0.3) is 0 Å². The van der Waals surface area contributed by atoms with Crippen molar-refractivity contribution in [3.05, 3.63) is 24.3 Å². The van der Waals surface area contributed by atoms with Crippen LogP contribution in [0.4, 0.5) is 15.3 Å². The summed E-state index contributed by atoms with van der Waals surface area (Å²) in [7, 11) is 3.30. The number of urea groups is 1.